The number of hydrogen-bond acceptors (Lipinski definition) is 4. The van der Waals surface area contributed by atoms with Gasteiger partial charge in [0.25, 0.3) is 5.91 Å². The summed E-state index contributed by atoms with van der Waals surface area (Å²) in [5.41, 5.74) is 2.08. The predicted molar refractivity (Wildman–Crippen MR) is 122 cm³/mol. The molecule has 2 unspecified atom stereocenters. The number of methoxy groups -OCH3 is 1. The van der Waals surface area contributed by atoms with Crippen LogP contribution in [0.4, 0.5) is 0 Å². The maximum absolute atomic E-state index is 12.9. The SMILES string of the molecule is COc1ccccc1C(=O)NC(=S)N1CCCC2=CC3CC(CN4CCCC[C@H]34)[C@@H]21. The smallest absolute Gasteiger partial charge is 0.261 e. The first-order valence-corrected chi connectivity index (χ1v) is 11.8. The minimum Gasteiger partial charge on any atom is -0.496 e. The summed E-state index contributed by atoms with van der Waals surface area (Å²) in [4.78, 5) is 17.9. The van der Waals surface area contributed by atoms with Gasteiger partial charge in [0, 0.05) is 19.1 Å². The Hall–Kier alpha value is -1.92. The van der Waals surface area contributed by atoms with Gasteiger partial charge in [0.1, 0.15) is 5.75 Å². The summed E-state index contributed by atoms with van der Waals surface area (Å²) in [7, 11) is 1.58. The van der Waals surface area contributed by atoms with E-state index >= 15 is 0 Å². The molecule has 4 atom stereocenters. The number of amides is 1. The third kappa shape index (κ3) is 3.54. The second-order valence-electron chi connectivity index (χ2n) is 9.16. The highest BCUT2D eigenvalue weighted by molar-refractivity contribution is 7.80. The Kier molecular flexibility index (Phi) is 5.54. The average molecular weight is 426 g/mol. The minimum atomic E-state index is -0.193. The Balaban J connectivity index is 1.35. The third-order valence-corrected chi connectivity index (χ3v) is 7.83. The molecule has 3 fully saturated rings. The summed E-state index contributed by atoms with van der Waals surface area (Å²) < 4.78 is 5.35. The van der Waals surface area contributed by atoms with E-state index in [-0.39, 0.29) is 5.91 Å². The van der Waals surface area contributed by atoms with E-state index < -0.39 is 0 Å². The normalized spacial score (nSPS) is 30.6. The molecule has 1 aliphatic carbocycles. The number of benzene rings is 1. The number of piperidine rings is 3. The average Bonchev–Trinajstić information content (AvgIpc) is 2.78. The van der Waals surface area contributed by atoms with Crippen LogP contribution >= 0.6 is 12.2 Å². The van der Waals surface area contributed by atoms with E-state index in [2.05, 4.69) is 21.2 Å². The molecule has 5 rings (SSSR count). The second-order valence-corrected chi connectivity index (χ2v) is 9.55. The molecular formula is C24H31N3O2S. The fraction of sp³-hybridized carbons (Fsp3) is 0.583. The van der Waals surface area contributed by atoms with Gasteiger partial charge in [-0.25, -0.2) is 0 Å². The lowest BCUT2D eigenvalue weighted by Gasteiger charge is -2.55. The molecule has 4 aliphatic rings. The summed E-state index contributed by atoms with van der Waals surface area (Å²) in [5, 5.41) is 3.56. The number of likely N-dealkylation sites (tertiary alicyclic amines) is 1. The molecule has 0 saturated carbocycles. The molecule has 1 aromatic rings. The number of thiocarbonyl (C=S) groups is 1. The summed E-state index contributed by atoms with van der Waals surface area (Å²) >= 11 is 5.77. The number of para-hydroxylation sites is 1. The second kappa shape index (κ2) is 8.31. The molecule has 1 N–H and O–H groups in total. The molecule has 1 aromatic carbocycles. The highest BCUT2D eigenvalue weighted by Gasteiger charge is 2.46. The zero-order chi connectivity index (χ0) is 20.7. The first-order valence-electron chi connectivity index (χ1n) is 11.4. The maximum Gasteiger partial charge on any atom is 0.261 e. The fourth-order valence-corrected chi connectivity index (χ4v) is 6.57. The number of carbonyl (C=O) groups is 1. The molecule has 30 heavy (non-hydrogen) atoms. The van der Waals surface area contributed by atoms with Crippen molar-refractivity contribution >= 4 is 23.2 Å². The minimum absolute atomic E-state index is 0.193. The van der Waals surface area contributed by atoms with Crippen LogP contribution in [0.3, 0.4) is 0 Å². The molecule has 3 saturated heterocycles. The molecule has 3 heterocycles. The summed E-state index contributed by atoms with van der Waals surface area (Å²) in [6.07, 6.45) is 10.2. The van der Waals surface area contributed by atoms with E-state index in [4.69, 9.17) is 17.0 Å². The van der Waals surface area contributed by atoms with Gasteiger partial charge in [0.05, 0.1) is 18.7 Å². The van der Waals surface area contributed by atoms with Gasteiger partial charge in [-0.3, -0.25) is 15.0 Å². The zero-order valence-electron chi connectivity index (χ0n) is 17.7. The molecule has 5 nitrogen and oxygen atoms in total. The molecular weight excluding hydrogens is 394 g/mol. The lowest BCUT2D eigenvalue weighted by Crippen LogP contribution is -2.61. The molecule has 0 aromatic heterocycles. The highest BCUT2D eigenvalue weighted by atomic mass is 32.1. The summed E-state index contributed by atoms with van der Waals surface area (Å²) in [5.74, 6) is 1.68. The Morgan fingerprint density at radius 3 is 2.93 bits per heavy atom. The van der Waals surface area contributed by atoms with Crippen LogP contribution in [0.25, 0.3) is 0 Å². The number of rotatable bonds is 2. The van der Waals surface area contributed by atoms with Gasteiger partial charge in [-0.15, -0.1) is 0 Å². The van der Waals surface area contributed by atoms with Gasteiger partial charge in [0.15, 0.2) is 5.11 Å². The van der Waals surface area contributed by atoms with Crippen LogP contribution in [0.5, 0.6) is 5.75 Å². The molecule has 1 amide bonds. The monoisotopic (exact) mass is 425 g/mol. The van der Waals surface area contributed by atoms with E-state index in [9.17, 15) is 4.79 Å². The van der Waals surface area contributed by atoms with Crippen LogP contribution in [0, 0.1) is 11.8 Å². The number of hydrogen-bond donors (Lipinski definition) is 1. The standard InChI is InChI=1S/C24H31N3O2S/c1-29-21-10-3-2-8-19(21)23(28)25-24(30)27-12-6-7-16-13-17-14-18(22(16)27)15-26-11-5-4-9-20(17)26/h2-3,8,10,13,17-18,20,22H,4-7,9,11-12,14-15H2,1H3,(H,25,28,30)/t17?,18?,20-,22-/m1/s1. The van der Waals surface area contributed by atoms with E-state index in [0.29, 0.717) is 34.3 Å². The maximum atomic E-state index is 12.9. The van der Waals surface area contributed by atoms with Gasteiger partial charge in [0.2, 0.25) is 0 Å². The lowest BCUT2D eigenvalue weighted by molar-refractivity contribution is 0.0127. The molecule has 3 aliphatic heterocycles. The van der Waals surface area contributed by atoms with Gasteiger partial charge >= 0.3 is 0 Å². The Bertz CT molecular complexity index is 870. The van der Waals surface area contributed by atoms with Gasteiger partial charge in [-0.1, -0.05) is 30.2 Å². The van der Waals surface area contributed by atoms with Crippen molar-refractivity contribution in [1.29, 1.82) is 0 Å². The fourth-order valence-electron chi connectivity index (χ4n) is 6.27. The van der Waals surface area contributed by atoms with E-state index in [0.717, 1.165) is 19.0 Å². The van der Waals surface area contributed by atoms with Crippen LogP contribution in [-0.4, -0.2) is 59.6 Å². The summed E-state index contributed by atoms with van der Waals surface area (Å²) in [6, 6.07) is 8.38. The zero-order valence-corrected chi connectivity index (χ0v) is 18.5. The number of fused-ring (bicyclic) bond motifs is 6. The largest absolute Gasteiger partial charge is 0.496 e. The highest BCUT2D eigenvalue weighted by Crippen LogP contribution is 2.45. The number of nitrogens with zero attached hydrogens (tertiary/aromatic N) is 2. The predicted octanol–water partition coefficient (Wildman–Crippen LogP) is 3.60. The Morgan fingerprint density at radius 2 is 2.07 bits per heavy atom. The van der Waals surface area contributed by atoms with E-state index in [1.165, 1.54) is 45.2 Å². The molecule has 0 radical (unpaired) electrons. The van der Waals surface area contributed by atoms with Crippen molar-refractivity contribution in [3.8, 4) is 5.75 Å². The quantitative estimate of drug-likeness (QED) is 0.579. The lowest BCUT2D eigenvalue weighted by atomic mass is 9.68. The van der Waals surface area contributed by atoms with Gasteiger partial charge in [-0.2, -0.15) is 0 Å². The summed E-state index contributed by atoms with van der Waals surface area (Å²) in [6.45, 7) is 3.32. The number of carbonyl (C=O) groups excluding carboxylic acids is 1. The Morgan fingerprint density at radius 1 is 1.20 bits per heavy atom. The van der Waals surface area contributed by atoms with Crippen LogP contribution in [0.2, 0.25) is 0 Å². The van der Waals surface area contributed by atoms with Crippen molar-refractivity contribution in [3.63, 3.8) is 0 Å². The van der Waals surface area contributed by atoms with Crippen molar-refractivity contribution < 1.29 is 9.53 Å². The molecule has 2 bridgehead atoms. The number of ether oxygens (including phenoxy) is 1. The van der Waals surface area contributed by atoms with Crippen LogP contribution in [0.15, 0.2) is 35.9 Å². The van der Waals surface area contributed by atoms with Gasteiger partial charge in [-0.05, 0) is 74.8 Å². The van der Waals surface area contributed by atoms with E-state index in [1.54, 1.807) is 24.8 Å². The van der Waals surface area contributed by atoms with Gasteiger partial charge < -0.3 is 9.64 Å². The first kappa shape index (κ1) is 20.0. The molecule has 160 valence electrons. The topological polar surface area (TPSA) is 44.8 Å². The molecule has 6 heteroatoms. The number of nitrogens with one attached hydrogen (secondary N) is 1. The third-order valence-electron chi connectivity index (χ3n) is 7.49. The Labute approximate surface area is 184 Å². The van der Waals surface area contributed by atoms with Crippen LogP contribution in [-0.2, 0) is 0 Å². The van der Waals surface area contributed by atoms with Crippen molar-refractivity contribution in [2.24, 2.45) is 11.8 Å². The van der Waals surface area contributed by atoms with Crippen molar-refractivity contribution in [3.05, 3.63) is 41.5 Å². The van der Waals surface area contributed by atoms with Crippen LogP contribution in [0.1, 0.15) is 48.9 Å². The van der Waals surface area contributed by atoms with E-state index in [1.807, 2.05) is 12.1 Å². The van der Waals surface area contributed by atoms with Crippen molar-refractivity contribution in [2.45, 2.75) is 50.6 Å². The van der Waals surface area contributed by atoms with Crippen molar-refractivity contribution in [2.75, 3.05) is 26.7 Å². The molecule has 0 spiro atoms. The van der Waals surface area contributed by atoms with Crippen LogP contribution < -0.4 is 10.1 Å². The van der Waals surface area contributed by atoms with Crippen molar-refractivity contribution in [1.82, 2.24) is 15.1 Å². The first-order chi connectivity index (χ1) is 14.7.